The number of hydrogen-bond donors (Lipinski definition) is 1. The molecule has 17 heavy (non-hydrogen) atoms. The molecule has 1 N–H and O–H groups in total. The molecule has 0 spiro atoms. The number of aromatic nitrogens is 1. The number of para-hydroxylation sites is 1. The summed E-state index contributed by atoms with van der Waals surface area (Å²) in [6.07, 6.45) is 1.87. The van der Waals surface area contributed by atoms with Gasteiger partial charge < -0.3 is 9.72 Å². The van der Waals surface area contributed by atoms with Crippen LogP contribution in [0.4, 0.5) is 0 Å². The van der Waals surface area contributed by atoms with Gasteiger partial charge in [0.25, 0.3) is 0 Å². The Hall–Kier alpha value is -1.81. The monoisotopic (exact) mass is 232 g/mol. The van der Waals surface area contributed by atoms with Gasteiger partial charge in [-0.1, -0.05) is 18.2 Å². The van der Waals surface area contributed by atoms with E-state index in [0.717, 1.165) is 16.5 Å². The normalized spacial score (nSPS) is 12.9. The van der Waals surface area contributed by atoms with Gasteiger partial charge in [-0.05, 0) is 20.2 Å². The number of rotatable bonds is 3. The molecular weight excluding hydrogens is 216 g/mol. The maximum absolute atomic E-state index is 11.8. The van der Waals surface area contributed by atoms with E-state index in [9.17, 15) is 4.79 Å². The smallest absolute Gasteiger partial charge is 0.327 e. The molecule has 4 heteroatoms. The number of carbonyl (C=O) groups is 1. The van der Waals surface area contributed by atoms with Gasteiger partial charge in [-0.15, -0.1) is 0 Å². The Kier molecular flexibility index (Phi) is 3.15. The fourth-order valence-electron chi connectivity index (χ4n) is 2.05. The summed E-state index contributed by atoms with van der Waals surface area (Å²) in [5.74, 6) is -0.250. The van der Waals surface area contributed by atoms with E-state index >= 15 is 0 Å². The van der Waals surface area contributed by atoms with Crippen molar-refractivity contribution >= 4 is 16.9 Å². The fraction of sp³-hybridized carbons (Fsp3) is 0.308. The average Bonchev–Trinajstić information content (AvgIpc) is 2.73. The number of hydrogen-bond acceptors (Lipinski definition) is 3. The number of esters is 1. The van der Waals surface area contributed by atoms with E-state index < -0.39 is 0 Å². The highest BCUT2D eigenvalue weighted by Gasteiger charge is 2.26. The standard InChI is InChI=1S/C13H16N2O2/c1-15(2)12(13(16)17-3)10-8-14-11-7-5-4-6-9(10)11/h4-8,12,14H,1-3H3. The minimum absolute atomic E-state index is 0.250. The van der Waals surface area contributed by atoms with Crippen LogP contribution in [-0.4, -0.2) is 37.1 Å². The van der Waals surface area contributed by atoms with Gasteiger partial charge in [-0.25, -0.2) is 4.79 Å². The topological polar surface area (TPSA) is 45.3 Å². The highest BCUT2D eigenvalue weighted by atomic mass is 16.5. The van der Waals surface area contributed by atoms with Crippen LogP contribution in [0.3, 0.4) is 0 Å². The first-order valence-corrected chi connectivity index (χ1v) is 5.45. The Bertz CT molecular complexity index is 531. The molecule has 90 valence electrons. The first-order chi connectivity index (χ1) is 8.15. The molecule has 2 aromatic rings. The maximum atomic E-state index is 11.8. The molecule has 0 bridgehead atoms. The third-order valence-electron chi connectivity index (χ3n) is 2.86. The van der Waals surface area contributed by atoms with E-state index in [4.69, 9.17) is 4.74 Å². The number of aromatic amines is 1. The van der Waals surface area contributed by atoms with Crippen LogP contribution in [0.25, 0.3) is 10.9 Å². The van der Waals surface area contributed by atoms with E-state index in [1.165, 1.54) is 7.11 Å². The summed E-state index contributed by atoms with van der Waals surface area (Å²) >= 11 is 0. The van der Waals surface area contributed by atoms with Crippen LogP contribution < -0.4 is 0 Å². The summed E-state index contributed by atoms with van der Waals surface area (Å²) < 4.78 is 4.85. The lowest BCUT2D eigenvalue weighted by atomic mass is 10.1. The second-order valence-corrected chi connectivity index (χ2v) is 4.18. The predicted molar refractivity (Wildman–Crippen MR) is 66.7 cm³/mol. The van der Waals surface area contributed by atoms with Crippen LogP contribution in [0, 0.1) is 0 Å². The van der Waals surface area contributed by atoms with Crippen molar-refractivity contribution in [2.45, 2.75) is 6.04 Å². The Morgan fingerprint density at radius 3 is 2.71 bits per heavy atom. The van der Waals surface area contributed by atoms with Gasteiger partial charge >= 0.3 is 5.97 Å². The van der Waals surface area contributed by atoms with Gasteiger partial charge in [0.15, 0.2) is 0 Å². The van der Waals surface area contributed by atoms with Gasteiger partial charge in [0.05, 0.1) is 7.11 Å². The number of carbonyl (C=O) groups excluding carboxylic acids is 1. The number of benzene rings is 1. The first-order valence-electron chi connectivity index (χ1n) is 5.45. The zero-order chi connectivity index (χ0) is 12.4. The van der Waals surface area contributed by atoms with E-state index in [1.807, 2.05) is 49.5 Å². The van der Waals surface area contributed by atoms with Crippen LogP contribution in [0.5, 0.6) is 0 Å². The molecule has 1 heterocycles. The summed E-state index contributed by atoms with van der Waals surface area (Å²) in [5.41, 5.74) is 1.97. The summed E-state index contributed by atoms with van der Waals surface area (Å²) in [6.45, 7) is 0. The average molecular weight is 232 g/mol. The van der Waals surface area contributed by atoms with Gasteiger partial charge in [-0.2, -0.15) is 0 Å². The van der Waals surface area contributed by atoms with Crippen molar-refractivity contribution in [2.24, 2.45) is 0 Å². The van der Waals surface area contributed by atoms with Gasteiger partial charge in [-0.3, -0.25) is 4.90 Å². The number of fused-ring (bicyclic) bond motifs is 1. The Labute approximate surface area is 100 Å². The highest BCUT2D eigenvalue weighted by molar-refractivity contribution is 5.89. The van der Waals surface area contributed by atoms with E-state index in [1.54, 1.807) is 0 Å². The van der Waals surface area contributed by atoms with E-state index in [0.29, 0.717) is 0 Å². The minimum atomic E-state index is -0.379. The summed E-state index contributed by atoms with van der Waals surface area (Å²) in [5, 5.41) is 1.05. The molecule has 1 aromatic carbocycles. The second kappa shape index (κ2) is 4.59. The molecule has 1 atom stereocenters. The fourth-order valence-corrected chi connectivity index (χ4v) is 2.05. The third kappa shape index (κ3) is 2.03. The van der Waals surface area contributed by atoms with Crippen LogP contribution >= 0.6 is 0 Å². The van der Waals surface area contributed by atoms with Crippen molar-refractivity contribution in [3.05, 3.63) is 36.0 Å². The zero-order valence-electron chi connectivity index (χ0n) is 10.2. The van der Waals surface area contributed by atoms with Gasteiger partial charge in [0, 0.05) is 22.7 Å². The molecule has 0 amide bonds. The Morgan fingerprint density at radius 2 is 2.06 bits per heavy atom. The van der Waals surface area contributed by atoms with Crippen molar-refractivity contribution < 1.29 is 9.53 Å². The van der Waals surface area contributed by atoms with Crippen LogP contribution in [-0.2, 0) is 9.53 Å². The molecule has 0 radical (unpaired) electrons. The lowest BCUT2D eigenvalue weighted by Crippen LogP contribution is -2.28. The number of likely N-dealkylation sites (N-methyl/N-ethyl adjacent to an activating group) is 1. The molecule has 0 aliphatic carbocycles. The second-order valence-electron chi connectivity index (χ2n) is 4.18. The van der Waals surface area contributed by atoms with Gasteiger partial charge in [0.1, 0.15) is 6.04 Å². The zero-order valence-corrected chi connectivity index (χ0v) is 10.2. The molecule has 1 unspecified atom stereocenters. The molecule has 0 saturated carbocycles. The summed E-state index contributed by atoms with van der Waals surface area (Å²) in [4.78, 5) is 16.8. The van der Waals surface area contributed by atoms with Crippen molar-refractivity contribution in [3.8, 4) is 0 Å². The van der Waals surface area contributed by atoms with Gasteiger partial charge in [0.2, 0.25) is 0 Å². The molecule has 0 fully saturated rings. The third-order valence-corrected chi connectivity index (χ3v) is 2.86. The lowest BCUT2D eigenvalue weighted by Gasteiger charge is -2.21. The number of methoxy groups -OCH3 is 1. The molecule has 0 aliphatic rings. The molecule has 0 saturated heterocycles. The van der Waals surface area contributed by atoms with Crippen molar-refractivity contribution in [2.75, 3.05) is 21.2 Å². The van der Waals surface area contributed by atoms with Crippen molar-refractivity contribution in [3.63, 3.8) is 0 Å². The molecule has 0 aliphatic heterocycles. The predicted octanol–water partition coefficient (Wildman–Crippen LogP) is 1.94. The van der Waals surface area contributed by atoms with E-state index in [-0.39, 0.29) is 12.0 Å². The summed E-state index contributed by atoms with van der Waals surface area (Å²) in [6, 6.07) is 7.54. The lowest BCUT2D eigenvalue weighted by molar-refractivity contribution is -0.146. The van der Waals surface area contributed by atoms with Crippen molar-refractivity contribution in [1.82, 2.24) is 9.88 Å². The largest absolute Gasteiger partial charge is 0.468 e. The van der Waals surface area contributed by atoms with Crippen molar-refractivity contribution in [1.29, 1.82) is 0 Å². The number of nitrogens with one attached hydrogen (secondary N) is 1. The highest BCUT2D eigenvalue weighted by Crippen LogP contribution is 2.27. The maximum Gasteiger partial charge on any atom is 0.327 e. The van der Waals surface area contributed by atoms with E-state index in [2.05, 4.69) is 4.98 Å². The quantitative estimate of drug-likeness (QED) is 0.823. The number of nitrogens with zero attached hydrogens (tertiary/aromatic N) is 1. The van der Waals surface area contributed by atoms with Crippen LogP contribution in [0.1, 0.15) is 11.6 Å². The Morgan fingerprint density at radius 1 is 1.35 bits per heavy atom. The van der Waals surface area contributed by atoms with Crippen LogP contribution in [0.2, 0.25) is 0 Å². The molecule has 2 rings (SSSR count). The molecule has 1 aromatic heterocycles. The Balaban J connectivity index is 2.53. The summed E-state index contributed by atoms with van der Waals surface area (Å²) in [7, 11) is 5.14. The number of H-pyrrole nitrogens is 1. The molecule has 4 nitrogen and oxygen atoms in total. The minimum Gasteiger partial charge on any atom is -0.468 e. The molecular formula is C13H16N2O2. The first kappa shape index (κ1) is 11.7. The SMILES string of the molecule is COC(=O)C(c1c[nH]c2ccccc12)N(C)C. The van der Waals surface area contributed by atoms with Crippen LogP contribution in [0.15, 0.2) is 30.5 Å². The number of ether oxygens (including phenoxy) is 1.